The molecule has 0 atom stereocenters. The first kappa shape index (κ1) is 9.64. The van der Waals surface area contributed by atoms with Gasteiger partial charge in [-0.05, 0) is 12.1 Å². The maximum absolute atomic E-state index is 12.6. The predicted octanol–water partition coefficient (Wildman–Crippen LogP) is 2.20. The number of amides is 1. The minimum Gasteiger partial charge on any atom is -0.364 e. The average Bonchev–Trinajstić information content (AvgIpc) is 2.60. The SMILES string of the molecule is NC(=O)c1cc2c(C(F)F)cccc2[nH]1. The summed E-state index contributed by atoms with van der Waals surface area (Å²) >= 11 is 0. The Morgan fingerprint density at radius 3 is 2.73 bits per heavy atom. The van der Waals surface area contributed by atoms with Crippen molar-refractivity contribution < 1.29 is 13.6 Å². The Morgan fingerprint density at radius 2 is 2.13 bits per heavy atom. The highest BCUT2D eigenvalue weighted by Crippen LogP contribution is 2.27. The quantitative estimate of drug-likeness (QED) is 0.784. The molecule has 0 unspecified atom stereocenters. The van der Waals surface area contributed by atoms with E-state index in [2.05, 4.69) is 4.98 Å². The van der Waals surface area contributed by atoms with Gasteiger partial charge in [0.25, 0.3) is 12.3 Å². The molecule has 3 nitrogen and oxygen atoms in total. The van der Waals surface area contributed by atoms with Crippen LogP contribution in [0.2, 0.25) is 0 Å². The van der Waals surface area contributed by atoms with Crippen molar-refractivity contribution in [1.29, 1.82) is 0 Å². The Morgan fingerprint density at radius 1 is 1.40 bits per heavy atom. The Hall–Kier alpha value is -1.91. The Labute approximate surface area is 83.9 Å². The third kappa shape index (κ3) is 1.56. The van der Waals surface area contributed by atoms with Crippen molar-refractivity contribution in [2.24, 2.45) is 5.73 Å². The van der Waals surface area contributed by atoms with E-state index in [-0.39, 0.29) is 11.3 Å². The van der Waals surface area contributed by atoms with Gasteiger partial charge in [0.15, 0.2) is 0 Å². The zero-order chi connectivity index (χ0) is 11.0. The van der Waals surface area contributed by atoms with Crippen LogP contribution in [-0.4, -0.2) is 10.9 Å². The normalized spacial score (nSPS) is 11.1. The molecule has 2 rings (SSSR count). The van der Waals surface area contributed by atoms with Crippen LogP contribution in [0.15, 0.2) is 24.3 Å². The lowest BCUT2D eigenvalue weighted by Gasteiger charge is -1.99. The van der Waals surface area contributed by atoms with Gasteiger partial charge in [-0.1, -0.05) is 12.1 Å². The van der Waals surface area contributed by atoms with Crippen molar-refractivity contribution in [1.82, 2.24) is 4.98 Å². The smallest absolute Gasteiger partial charge is 0.265 e. The summed E-state index contributed by atoms with van der Waals surface area (Å²) in [6, 6.07) is 5.80. The van der Waals surface area contributed by atoms with Gasteiger partial charge in [0, 0.05) is 16.5 Å². The number of halogens is 2. The first-order valence-electron chi connectivity index (χ1n) is 4.29. The van der Waals surface area contributed by atoms with Crippen LogP contribution in [0.5, 0.6) is 0 Å². The number of H-pyrrole nitrogens is 1. The minimum absolute atomic E-state index is 0.101. The van der Waals surface area contributed by atoms with E-state index in [0.717, 1.165) is 0 Å². The largest absolute Gasteiger partial charge is 0.364 e. The standard InChI is InChI=1S/C10H8F2N2O/c11-9(12)5-2-1-3-7-6(5)4-8(14-7)10(13)15/h1-4,9,14H,(H2,13,15). The molecule has 78 valence electrons. The maximum atomic E-state index is 12.6. The highest BCUT2D eigenvalue weighted by molar-refractivity contribution is 5.97. The molecule has 15 heavy (non-hydrogen) atoms. The summed E-state index contributed by atoms with van der Waals surface area (Å²) in [5.41, 5.74) is 5.57. The summed E-state index contributed by atoms with van der Waals surface area (Å²) in [6.45, 7) is 0. The van der Waals surface area contributed by atoms with Gasteiger partial charge in [0.1, 0.15) is 5.69 Å². The van der Waals surface area contributed by atoms with E-state index < -0.39 is 12.3 Å². The molecule has 0 radical (unpaired) electrons. The van der Waals surface area contributed by atoms with Crippen LogP contribution in [0.4, 0.5) is 8.78 Å². The number of rotatable bonds is 2. The summed E-state index contributed by atoms with van der Waals surface area (Å²) in [6.07, 6.45) is -2.56. The second-order valence-electron chi connectivity index (χ2n) is 3.16. The first-order valence-corrected chi connectivity index (χ1v) is 4.29. The molecule has 1 aromatic carbocycles. The number of aromatic amines is 1. The number of hydrogen-bond acceptors (Lipinski definition) is 1. The van der Waals surface area contributed by atoms with Gasteiger partial charge >= 0.3 is 0 Å². The molecule has 0 aliphatic carbocycles. The summed E-state index contributed by atoms with van der Waals surface area (Å²) in [7, 11) is 0. The van der Waals surface area contributed by atoms with E-state index in [1.807, 2.05) is 0 Å². The molecule has 0 aliphatic heterocycles. The molecule has 0 saturated heterocycles. The molecule has 0 saturated carbocycles. The van der Waals surface area contributed by atoms with Gasteiger partial charge in [-0.15, -0.1) is 0 Å². The zero-order valence-electron chi connectivity index (χ0n) is 7.63. The van der Waals surface area contributed by atoms with Crippen LogP contribution >= 0.6 is 0 Å². The van der Waals surface area contributed by atoms with E-state index in [4.69, 9.17) is 5.73 Å². The fraction of sp³-hybridized carbons (Fsp3) is 0.100. The molecule has 5 heteroatoms. The Kier molecular flexibility index (Phi) is 2.15. The molecule has 2 aromatic rings. The second kappa shape index (κ2) is 3.34. The highest BCUT2D eigenvalue weighted by atomic mass is 19.3. The molecule has 3 N–H and O–H groups in total. The first-order chi connectivity index (χ1) is 7.09. The summed E-state index contributed by atoms with van der Waals surface area (Å²) < 4.78 is 25.2. The molecule has 0 bridgehead atoms. The van der Waals surface area contributed by atoms with Crippen molar-refractivity contribution in [3.05, 3.63) is 35.5 Å². The van der Waals surface area contributed by atoms with Crippen LogP contribution in [0, 0.1) is 0 Å². The summed E-state index contributed by atoms with van der Waals surface area (Å²) in [5, 5.41) is 0.335. The lowest BCUT2D eigenvalue weighted by molar-refractivity contribution is 0.0996. The highest BCUT2D eigenvalue weighted by Gasteiger charge is 2.14. The Bertz CT molecular complexity index is 519. The number of hydrogen-bond donors (Lipinski definition) is 2. The van der Waals surface area contributed by atoms with Crippen molar-refractivity contribution in [2.45, 2.75) is 6.43 Å². The van der Waals surface area contributed by atoms with Crippen LogP contribution < -0.4 is 5.73 Å². The Balaban J connectivity index is 2.69. The van der Waals surface area contributed by atoms with Crippen LogP contribution in [0.3, 0.4) is 0 Å². The maximum Gasteiger partial charge on any atom is 0.265 e. The average molecular weight is 210 g/mol. The van der Waals surface area contributed by atoms with E-state index >= 15 is 0 Å². The number of nitrogens with two attached hydrogens (primary N) is 1. The van der Waals surface area contributed by atoms with Crippen LogP contribution in [0.25, 0.3) is 10.9 Å². The third-order valence-electron chi connectivity index (χ3n) is 2.20. The molecule has 0 fully saturated rings. The van der Waals surface area contributed by atoms with Crippen molar-refractivity contribution >= 4 is 16.8 Å². The molecular formula is C10H8F2N2O. The monoisotopic (exact) mass is 210 g/mol. The summed E-state index contributed by atoms with van der Waals surface area (Å²) in [5.74, 6) is -0.661. The number of nitrogens with one attached hydrogen (secondary N) is 1. The van der Waals surface area contributed by atoms with Gasteiger partial charge in [-0.3, -0.25) is 4.79 Å². The van der Waals surface area contributed by atoms with Gasteiger partial charge in [-0.25, -0.2) is 8.78 Å². The third-order valence-corrected chi connectivity index (χ3v) is 2.20. The van der Waals surface area contributed by atoms with Crippen LogP contribution in [0.1, 0.15) is 22.5 Å². The van der Waals surface area contributed by atoms with Crippen molar-refractivity contribution in [3.63, 3.8) is 0 Å². The molecule has 1 amide bonds. The molecule has 1 aromatic heterocycles. The number of alkyl halides is 2. The zero-order valence-corrected chi connectivity index (χ0v) is 7.63. The molecular weight excluding hydrogens is 202 g/mol. The molecule has 0 aliphatic rings. The summed E-state index contributed by atoms with van der Waals surface area (Å²) in [4.78, 5) is 13.5. The van der Waals surface area contributed by atoms with E-state index in [9.17, 15) is 13.6 Å². The number of benzene rings is 1. The predicted molar refractivity (Wildman–Crippen MR) is 51.8 cm³/mol. The number of fused-ring (bicyclic) bond motifs is 1. The number of aromatic nitrogens is 1. The molecule has 1 heterocycles. The number of carbonyl (C=O) groups excluding carboxylic acids is 1. The van der Waals surface area contributed by atoms with Gasteiger partial charge in [0.05, 0.1) is 0 Å². The topological polar surface area (TPSA) is 58.9 Å². The second-order valence-corrected chi connectivity index (χ2v) is 3.16. The fourth-order valence-electron chi connectivity index (χ4n) is 1.50. The van der Waals surface area contributed by atoms with Crippen molar-refractivity contribution in [2.75, 3.05) is 0 Å². The number of carbonyl (C=O) groups is 1. The van der Waals surface area contributed by atoms with E-state index in [0.29, 0.717) is 10.9 Å². The van der Waals surface area contributed by atoms with Gasteiger partial charge in [-0.2, -0.15) is 0 Å². The lowest BCUT2D eigenvalue weighted by Crippen LogP contribution is -2.10. The molecule has 0 spiro atoms. The van der Waals surface area contributed by atoms with Crippen molar-refractivity contribution in [3.8, 4) is 0 Å². The fourth-order valence-corrected chi connectivity index (χ4v) is 1.50. The minimum atomic E-state index is -2.56. The van der Waals surface area contributed by atoms with E-state index in [1.165, 1.54) is 18.2 Å². The lowest BCUT2D eigenvalue weighted by atomic mass is 10.1. The van der Waals surface area contributed by atoms with E-state index in [1.54, 1.807) is 6.07 Å². The van der Waals surface area contributed by atoms with Crippen LogP contribution in [-0.2, 0) is 0 Å². The van der Waals surface area contributed by atoms with Gasteiger partial charge in [0.2, 0.25) is 0 Å². The van der Waals surface area contributed by atoms with Gasteiger partial charge < -0.3 is 10.7 Å². The number of primary amides is 1.